The first-order chi connectivity index (χ1) is 4.70. The average molecular weight is 141 g/mol. The predicted molar refractivity (Wildman–Crippen MR) is 39.8 cm³/mol. The zero-order chi connectivity index (χ0) is 7.19. The minimum absolute atomic E-state index is 0.0289. The molecule has 2 saturated heterocycles. The largest absolute Gasteiger partial charge is 0.359 e. The van der Waals surface area contributed by atoms with Gasteiger partial charge in [-0.25, -0.2) is 0 Å². The Hall–Kier alpha value is -0.0800. The minimum atomic E-state index is 0.0289. The van der Waals surface area contributed by atoms with E-state index < -0.39 is 0 Å². The van der Waals surface area contributed by atoms with Crippen molar-refractivity contribution in [3.8, 4) is 0 Å². The van der Waals surface area contributed by atoms with E-state index in [9.17, 15) is 0 Å². The molecule has 58 valence electrons. The van der Waals surface area contributed by atoms with E-state index in [-0.39, 0.29) is 5.72 Å². The van der Waals surface area contributed by atoms with Crippen molar-refractivity contribution in [1.82, 2.24) is 4.90 Å². The molecule has 0 N–H and O–H groups in total. The summed E-state index contributed by atoms with van der Waals surface area (Å²) in [6.45, 7) is 6.52. The highest BCUT2D eigenvalue weighted by Crippen LogP contribution is 2.33. The maximum absolute atomic E-state index is 5.63. The van der Waals surface area contributed by atoms with Crippen LogP contribution in [0.2, 0.25) is 0 Å². The fourth-order valence-electron chi connectivity index (χ4n) is 2.10. The first-order valence-electron chi connectivity index (χ1n) is 4.11. The van der Waals surface area contributed by atoms with Crippen LogP contribution in [0.25, 0.3) is 0 Å². The van der Waals surface area contributed by atoms with E-state index in [1.165, 1.54) is 19.4 Å². The molecule has 0 aliphatic carbocycles. The number of hydrogen-bond donors (Lipinski definition) is 0. The van der Waals surface area contributed by atoms with E-state index in [1.54, 1.807) is 0 Å². The van der Waals surface area contributed by atoms with Gasteiger partial charge in [-0.1, -0.05) is 0 Å². The van der Waals surface area contributed by atoms with Crippen LogP contribution in [0.15, 0.2) is 0 Å². The Labute approximate surface area is 62.2 Å². The van der Waals surface area contributed by atoms with Crippen LogP contribution < -0.4 is 0 Å². The normalized spacial score (nSPS) is 38.4. The lowest BCUT2D eigenvalue weighted by atomic mass is 10.2. The molecule has 2 fully saturated rings. The van der Waals surface area contributed by atoms with Crippen molar-refractivity contribution < 1.29 is 4.74 Å². The second-order valence-electron chi connectivity index (χ2n) is 3.75. The van der Waals surface area contributed by atoms with Crippen molar-refractivity contribution in [3.63, 3.8) is 0 Å². The third-order valence-electron chi connectivity index (χ3n) is 2.70. The van der Waals surface area contributed by atoms with Crippen LogP contribution in [0.3, 0.4) is 0 Å². The zero-order valence-electron chi connectivity index (χ0n) is 6.76. The molecule has 0 aromatic carbocycles. The topological polar surface area (TPSA) is 12.5 Å². The molecule has 0 saturated carbocycles. The molecule has 0 spiro atoms. The van der Waals surface area contributed by atoms with Gasteiger partial charge in [0.2, 0.25) is 0 Å². The molecule has 10 heavy (non-hydrogen) atoms. The molecule has 0 aromatic rings. The molecule has 2 aliphatic heterocycles. The van der Waals surface area contributed by atoms with Gasteiger partial charge in [-0.2, -0.15) is 0 Å². The molecule has 2 rings (SSSR count). The zero-order valence-corrected chi connectivity index (χ0v) is 6.76. The van der Waals surface area contributed by atoms with Crippen LogP contribution in [0.5, 0.6) is 0 Å². The van der Waals surface area contributed by atoms with Crippen molar-refractivity contribution in [1.29, 1.82) is 0 Å². The first kappa shape index (κ1) is 6.62. The summed E-state index contributed by atoms with van der Waals surface area (Å²) >= 11 is 0. The number of fused-ring (bicyclic) bond motifs is 1. The van der Waals surface area contributed by atoms with Gasteiger partial charge in [0.15, 0.2) is 0 Å². The molecular weight excluding hydrogens is 126 g/mol. The number of rotatable bonds is 0. The Morgan fingerprint density at radius 2 is 2.30 bits per heavy atom. The van der Waals surface area contributed by atoms with Crippen molar-refractivity contribution >= 4 is 0 Å². The molecule has 2 nitrogen and oxygen atoms in total. The van der Waals surface area contributed by atoms with Crippen molar-refractivity contribution in [2.75, 3.05) is 13.2 Å². The van der Waals surface area contributed by atoms with E-state index in [0.29, 0.717) is 0 Å². The smallest absolute Gasteiger partial charge is 0.116 e. The van der Waals surface area contributed by atoms with Gasteiger partial charge >= 0.3 is 0 Å². The van der Waals surface area contributed by atoms with Gasteiger partial charge in [0.05, 0.1) is 6.61 Å². The summed E-state index contributed by atoms with van der Waals surface area (Å²) in [7, 11) is 0. The van der Waals surface area contributed by atoms with Crippen molar-refractivity contribution in [2.45, 2.75) is 38.5 Å². The SMILES string of the molecule is CC1(C)OCC2CCCN21. The fraction of sp³-hybridized carbons (Fsp3) is 1.00. The summed E-state index contributed by atoms with van der Waals surface area (Å²) < 4.78 is 5.63. The Balaban J connectivity index is 2.16. The lowest BCUT2D eigenvalue weighted by Gasteiger charge is -2.28. The lowest BCUT2D eigenvalue weighted by Crippen LogP contribution is -2.40. The third-order valence-corrected chi connectivity index (χ3v) is 2.70. The molecule has 2 aliphatic rings. The summed E-state index contributed by atoms with van der Waals surface area (Å²) in [5.74, 6) is 0. The second-order valence-corrected chi connectivity index (χ2v) is 3.75. The highest BCUT2D eigenvalue weighted by Gasteiger charge is 2.42. The fourth-order valence-corrected chi connectivity index (χ4v) is 2.10. The predicted octanol–water partition coefficient (Wildman–Crippen LogP) is 1.22. The van der Waals surface area contributed by atoms with E-state index in [4.69, 9.17) is 4.74 Å². The van der Waals surface area contributed by atoms with Gasteiger partial charge in [0.1, 0.15) is 5.72 Å². The number of ether oxygens (including phenoxy) is 1. The van der Waals surface area contributed by atoms with Crippen molar-refractivity contribution in [3.05, 3.63) is 0 Å². The average Bonchev–Trinajstić information content (AvgIpc) is 2.36. The van der Waals surface area contributed by atoms with E-state index in [2.05, 4.69) is 18.7 Å². The van der Waals surface area contributed by atoms with Crippen LogP contribution in [0.1, 0.15) is 26.7 Å². The standard InChI is InChI=1S/C8H15NO/c1-8(2)9-5-3-4-7(9)6-10-8/h7H,3-6H2,1-2H3. The summed E-state index contributed by atoms with van der Waals surface area (Å²) in [5, 5.41) is 0. The molecule has 0 aromatic heterocycles. The van der Waals surface area contributed by atoms with Crippen LogP contribution in [-0.4, -0.2) is 29.8 Å². The van der Waals surface area contributed by atoms with Crippen LogP contribution in [0, 0.1) is 0 Å². The second kappa shape index (κ2) is 1.95. The summed E-state index contributed by atoms with van der Waals surface area (Å²) in [5.41, 5.74) is 0.0289. The van der Waals surface area contributed by atoms with Gasteiger partial charge in [-0.15, -0.1) is 0 Å². The monoisotopic (exact) mass is 141 g/mol. The summed E-state index contributed by atoms with van der Waals surface area (Å²) in [6.07, 6.45) is 2.70. The van der Waals surface area contributed by atoms with Gasteiger partial charge < -0.3 is 4.74 Å². The molecule has 2 heterocycles. The van der Waals surface area contributed by atoms with Crippen LogP contribution >= 0.6 is 0 Å². The highest BCUT2D eigenvalue weighted by atomic mass is 16.5. The Morgan fingerprint density at radius 1 is 1.50 bits per heavy atom. The first-order valence-corrected chi connectivity index (χ1v) is 4.11. The van der Waals surface area contributed by atoms with E-state index >= 15 is 0 Å². The van der Waals surface area contributed by atoms with Gasteiger partial charge in [0, 0.05) is 12.6 Å². The number of hydrogen-bond acceptors (Lipinski definition) is 2. The van der Waals surface area contributed by atoms with Gasteiger partial charge in [-0.05, 0) is 26.7 Å². The maximum atomic E-state index is 5.63. The van der Waals surface area contributed by atoms with E-state index in [1.807, 2.05) is 0 Å². The molecule has 1 unspecified atom stereocenters. The van der Waals surface area contributed by atoms with Crippen LogP contribution in [-0.2, 0) is 4.74 Å². The highest BCUT2D eigenvalue weighted by molar-refractivity contribution is 4.90. The summed E-state index contributed by atoms with van der Waals surface area (Å²) in [6, 6.07) is 0.731. The van der Waals surface area contributed by atoms with Crippen LogP contribution in [0.4, 0.5) is 0 Å². The summed E-state index contributed by atoms with van der Waals surface area (Å²) in [4.78, 5) is 2.48. The van der Waals surface area contributed by atoms with E-state index in [0.717, 1.165) is 12.6 Å². The maximum Gasteiger partial charge on any atom is 0.116 e. The quantitative estimate of drug-likeness (QED) is 0.503. The molecular formula is C8H15NO. The Morgan fingerprint density at radius 3 is 3.00 bits per heavy atom. The molecule has 0 bridgehead atoms. The van der Waals surface area contributed by atoms with Gasteiger partial charge in [0.25, 0.3) is 0 Å². The minimum Gasteiger partial charge on any atom is -0.359 e. The Bertz CT molecular complexity index is 144. The lowest BCUT2D eigenvalue weighted by molar-refractivity contribution is -0.0477. The molecule has 0 amide bonds. The molecule has 2 heteroatoms. The number of nitrogens with zero attached hydrogens (tertiary/aromatic N) is 1. The Kier molecular flexibility index (Phi) is 1.29. The molecule has 0 radical (unpaired) electrons. The van der Waals surface area contributed by atoms with Crippen molar-refractivity contribution in [2.24, 2.45) is 0 Å². The molecule has 1 atom stereocenters. The third kappa shape index (κ3) is 0.789. The van der Waals surface area contributed by atoms with Gasteiger partial charge in [-0.3, -0.25) is 4.90 Å².